The third kappa shape index (κ3) is 4.69. The summed E-state index contributed by atoms with van der Waals surface area (Å²) >= 11 is 0. The van der Waals surface area contributed by atoms with Crippen molar-refractivity contribution in [2.45, 2.75) is 31.3 Å². The number of amides is 1. The van der Waals surface area contributed by atoms with Gasteiger partial charge in [0.2, 0.25) is 0 Å². The Kier molecular flexibility index (Phi) is 5.97. The Balaban J connectivity index is 1.40. The number of carbonyl (C=O) groups excluding carboxylic acids is 1. The molecule has 29 heavy (non-hydrogen) atoms. The van der Waals surface area contributed by atoms with E-state index in [4.69, 9.17) is 4.74 Å². The minimum atomic E-state index is -0.206. The summed E-state index contributed by atoms with van der Waals surface area (Å²) in [7, 11) is 1.72. The van der Waals surface area contributed by atoms with Gasteiger partial charge in [0.25, 0.3) is 5.91 Å². The maximum absolute atomic E-state index is 12.8. The van der Waals surface area contributed by atoms with Crippen LogP contribution in [0.2, 0.25) is 0 Å². The maximum atomic E-state index is 12.8. The van der Waals surface area contributed by atoms with Gasteiger partial charge in [-0.2, -0.15) is 0 Å². The summed E-state index contributed by atoms with van der Waals surface area (Å²) in [5, 5.41) is 4.58. The smallest absolute Gasteiger partial charge is 0.251 e. The highest BCUT2D eigenvalue weighted by Gasteiger charge is 2.35. The number of nitrogens with zero attached hydrogens (tertiary/aromatic N) is 1. The molecular formula is C24H29N3O2. The van der Waals surface area contributed by atoms with Crippen LogP contribution in [-0.4, -0.2) is 48.1 Å². The lowest BCUT2D eigenvalue weighted by atomic mass is 9.84. The number of hydrogen-bond acceptors (Lipinski definition) is 3. The van der Waals surface area contributed by atoms with Crippen LogP contribution in [0, 0.1) is 0 Å². The first kappa shape index (κ1) is 19.7. The van der Waals surface area contributed by atoms with E-state index in [1.165, 1.54) is 16.5 Å². The lowest BCUT2D eigenvalue weighted by molar-refractivity contribution is 0.0691. The van der Waals surface area contributed by atoms with Crippen LogP contribution in [0.5, 0.6) is 0 Å². The highest BCUT2D eigenvalue weighted by molar-refractivity contribution is 5.94. The van der Waals surface area contributed by atoms with Gasteiger partial charge in [-0.15, -0.1) is 0 Å². The van der Waals surface area contributed by atoms with Gasteiger partial charge in [0.15, 0.2) is 0 Å². The summed E-state index contributed by atoms with van der Waals surface area (Å²) in [6.07, 6.45) is 4.68. The Morgan fingerprint density at radius 1 is 1.14 bits per heavy atom. The second-order valence-corrected chi connectivity index (χ2v) is 8.02. The van der Waals surface area contributed by atoms with Gasteiger partial charge in [-0.3, -0.25) is 9.69 Å². The lowest BCUT2D eigenvalue weighted by Gasteiger charge is -2.42. The van der Waals surface area contributed by atoms with Crippen molar-refractivity contribution in [1.82, 2.24) is 15.2 Å². The van der Waals surface area contributed by atoms with E-state index < -0.39 is 0 Å². The number of fused-ring (bicyclic) bond motifs is 1. The average Bonchev–Trinajstić information content (AvgIpc) is 3.22. The van der Waals surface area contributed by atoms with Gasteiger partial charge in [0, 0.05) is 56.2 Å². The van der Waals surface area contributed by atoms with E-state index in [0.29, 0.717) is 12.2 Å². The fourth-order valence-corrected chi connectivity index (χ4v) is 4.23. The zero-order valence-corrected chi connectivity index (χ0v) is 17.0. The Morgan fingerprint density at radius 2 is 1.93 bits per heavy atom. The molecule has 4 rings (SSSR count). The van der Waals surface area contributed by atoms with Gasteiger partial charge >= 0.3 is 0 Å². The molecule has 1 saturated heterocycles. The van der Waals surface area contributed by atoms with Crippen LogP contribution < -0.4 is 5.32 Å². The van der Waals surface area contributed by atoms with Gasteiger partial charge in [0.05, 0.1) is 0 Å². The van der Waals surface area contributed by atoms with Crippen molar-refractivity contribution in [2.75, 3.05) is 26.8 Å². The number of rotatable bonds is 7. The van der Waals surface area contributed by atoms with Gasteiger partial charge in [-0.05, 0) is 54.5 Å². The molecule has 0 atom stereocenters. The van der Waals surface area contributed by atoms with E-state index in [-0.39, 0.29) is 11.4 Å². The first-order valence-electron chi connectivity index (χ1n) is 10.3. The van der Waals surface area contributed by atoms with Crippen LogP contribution >= 0.6 is 0 Å². The summed E-state index contributed by atoms with van der Waals surface area (Å²) in [6.45, 7) is 3.50. The molecule has 1 amide bonds. The number of methoxy groups -OCH3 is 1. The summed E-state index contributed by atoms with van der Waals surface area (Å²) in [5.41, 5.74) is 3.01. The molecule has 2 heterocycles. The summed E-state index contributed by atoms with van der Waals surface area (Å²) < 4.78 is 5.34. The predicted molar refractivity (Wildman–Crippen MR) is 116 cm³/mol. The highest BCUT2D eigenvalue weighted by atomic mass is 16.5. The van der Waals surface area contributed by atoms with Crippen LogP contribution in [0.3, 0.4) is 0 Å². The first-order chi connectivity index (χ1) is 14.2. The monoisotopic (exact) mass is 391 g/mol. The zero-order valence-electron chi connectivity index (χ0n) is 17.0. The molecule has 0 unspecified atom stereocenters. The van der Waals surface area contributed by atoms with Crippen molar-refractivity contribution in [3.63, 3.8) is 0 Å². The van der Waals surface area contributed by atoms with Gasteiger partial charge in [-0.25, -0.2) is 0 Å². The molecule has 5 nitrogen and oxygen atoms in total. The van der Waals surface area contributed by atoms with Gasteiger partial charge in [0.1, 0.15) is 0 Å². The minimum absolute atomic E-state index is 0.00681. The summed E-state index contributed by atoms with van der Waals surface area (Å²) in [6, 6.07) is 18.2. The molecule has 0 aliphatic carbocycles. The fourth-order valence-electron chi connectivity index (χ4n) is 4.23. The number of likely N-dealkylation sites (tertiary alicyclic amines) is 1. The molecule has 5 heteroatoms. The SMILES string of the molecule is COCCC1(NC(=O)c2ccccc2)CCN(Cc2ccc3cc[nH]c3c2)CC1. The van der Waals surface area contributed by atoms with Crippen LogP contribution in [-0.2, 0) is 11.3 Å². The van der Waals surface area contributed by atoms with Crippen molar-refractivity contribution in [3.8, 4) is 0 Å². The molecule has 2 N–H and O–H groups in total. The number of piperidine rings is 1. The molecule has 152 valence electrons. The van der Waals surface area contributed by atoms with E-state index in [0.717, 1.165) is 38.9 Å². The maximum Gasteiger partial charge on any atom is 0.251 e. The zero-order chi connectivity index (χ0) is 20.1. The molecule has 0 bridgehead atoms. The first-order valence-corrected chi connectivity index (χ1v) is 10.3. The number of H-pyrrole nitrogens is 1. The van der Waals surface area contributed by atoms with Crippen molar-refractivity contribution in [1.29, 1.82) is 0 Å². The predicted octanol–water partition coefficient (Wildman–Crippen LogP) is 3.97. The fraction of sp³-hybridized carbons (Fsp3) is 0.375. The van der Waals surface area contributed by atoms with E-state index in [1.807, 2.05) is 36.5 Å². The quantitative estimate of drug-likeness (QED) is 0.641. The van der Waals surface area contributed by atoms with Crippen molar-refractivity contribution < 1.29 is 9.53 Å². The lowest BCUT2D eigenvalue weighted by Crippen LogP contribution is -2.55. The number of aromatic amines is 1. The Bertz CT molecular complexity index is 943. The standard InChI is InChI=1S/C24H29N3O2/c1-29-16-12-24(26-23(28)21-5-3-2-4-6-21)10-14-27(15-11-24)18-19-7-8-20-9-13-25-22(20)17-19/h2-9,13,17,25H,10-12,14-16,18H2,1H3,(H,26,28). The van der Waals surface area contributed by atoms with Crippen molar-refractivity contribution >= 4 is 16.8 Å². The molecule has 0 saturated carbocycles. The molecule has 0 spiro atoms. The molecule has 0 radical (unpaired) electrons. The molecule has 1 aliphatic rings. The normalized spacial score (nSPS) is 16.7. The second kappa shape index (κ2) is 8.80. The third-order valence-electron chi connectivity index (χ3n) is 6.04. The molecule has 3 aromatic rings. The van der Waals surface area contributed by atoms with E-state index in [1.54, 1.807) is 7.11 Å². The van der Waals surface area contributed by atoms with Crippen LogP contribution in [0.1, 0.15) is 35.2 Å². The van der Waals surface area contributed by atoms with E-state index >= 15 is 0 Å². The Labute approximate surface area is 172 Å². The highest BCUT2D eigenvalue weighted by Crippen LogP contribution is 2.28. The number of nitrogens with one attached hydrogen (secondary N) is 2. The Hall–Kier alpha value is -2.63. The van der Waals surface area contributed by atoms with Gasteiger partial charge < -0.3 is 15.0 Å². The van der Waals surface area contributed by atoms with Crippen LogP contribution in [0.4, 0.5) is 0 Å². The molecule has 1 aliphatic heterocycles. The molecular weight excluding hydrogens is 362 g/mol. The molecule has 1 fully saturated rings. The third-order valence-corrected chi connectivity index (χ3v) is 6.04. The van der Waals surface area contributed by atoms with E-state index in [9.17, 15) is 4.79 Å². The number of carbonyl (C=O) groups is 1. The number of ether oxygens (including phenoxy) is 1. The second-order valence-electron chi connectivity index (χ2n) is 8.02. The number of benzene rings is 2. The minimum Gasteiger partial charge on any atom is -0.385 e. The topological polar surface area (TPSA) is 57.4 Å². The van der Waals surface area contributed by atoms with E-state index in [2.05, 4.69) is 39.5 Å². The van der Waals surface area contributed by atoms with Crippen molar-refractivity contribution in [3.05, 3.63) is 71.9 Å². The number of aromatic nitrogens is 1. The summed E-state index contributed by atoms with van der Waals surface area (Å²) in [5.74, 6) is 0.00681. The largest absolute Gasteiger partial charge is 0.385 e. The van der Waals surface area contributed by atoms with Gasteiger partial charge in [-0.1, -0.05) is 30.3 Å². The van der Waals surface area contributed by atoms with Crippen LogP contribution in [0.15, 0.2) is 60.8 Å². The molecule has 1 aromatic heterocycles. The average molecular weight is 392 g/mol. The Morgan fingerprint density at radius 3 is 2.69 bits per heavy atom. The van der Waals surface area contributed by atoms with Crippen LogP contribution in [0.25, 0.3) is 10.9 Å². The van der Waals surface area contributed by atoms with Crippen molar-refractivity contribution in [2.24, 2.45) is 0 Å². The summed E-state index contributed by atoms with van der Waals surface area (Å²) in [4.78, 5) is 18.6. The number of hydrogen-bond donors (Lipinski definition) is 2. The molecule has 2 aromatic carbocycles.